The summed E-state index contributed by atoms with van der Waals surface area (Å²) >= 11 is 0. The van der Waals surface area contributed by atoms with E-state index in [2.05, 4.69) is 0 Å². The normalized spacial score (nSPS) is 24.2. The molecule has 2 aromatic rings. The first-order valence-corrected chi connectivity index (χ1v) is 8.71. The molecule has 1 aromatic heterocycles. The average Bonchev–Trinajstić information content (AvgIpc) is 3.02. The van der Waals surface area contributed by atoms with Gasteiger partial charge in [-0.2, -0.15) is 4.39 Å². The molecule has 1 aliphatic rings. The SMILES string of the molecule is COC(=O)C1(C)CC(n2cc(F)c(=O)[nH]c2=O)OC1COCc1ccccc1. The Morgan fingerprint density at radius 3 is 2.75 bits per heavy atom. The van der Waals surface area contributed by atoms with Gasteiger partial charge in [-0.3, -0.25) is 19.1 Å². The van der Waals surface area contributed by atoms with Crippen LogP contribution in [0.4, 0.5) is 4.39 Å². The van der Waals surface area contributed by atoms with Crippen LogP contribution in [-0.2, 0) is 25.6 Å². The Hall–Kier alpha value is -2.78. The third-order valence-corrected chi connectivity index (χ3v) is 4.90. The summed E-state index contributed by atoms with van der Waals surface area (Å²) in [5, 5.41) is 0. The molecule has 3 atom stereocenters. The van der Waals surface area contributed by atoms with Gasteiger partial charge < -0.3 is 14.2 Å². The number of aromatic nitrogens is 2. The Bertz CT molecular complexity index is 957. The minimum absolute atomic E-state index is 0.0599. The van der Waals surface area contributed by atoms with Crippen molar-refractivity contribution >= 4 is 5.97 Å². The van der Waals surface area contributed by atoms with Crippen molar-refractivity contribution < 1.29 is 23.4 Å². The minimum atomic E-state index is -1.12. The van der Waals surface area contributed by atoms with Crippen LogP contribution in [0.25, 0.3) is 0 Å². The molecule has 1 saturated heterocycles. The van der Waals surface area contributed by atoms with Crippen molar-refractivity contribution in [1.82, 2.24) is 9.55 Å². The molecular formula is C19H21FN2O6. The number of aromatic amines is 1. The standard InChI is InChI=1S/C19H21FN2O6/c1-19(17(24)26-2)8-15(22-9-13(20)16(23)21-18(22)25)28-14(19)11-27-10-12-6-4-3-5-7-12/h3-7,9,14-15H,8,10-11H2,1-2H3,(H,21,23,25). The first-order chi connectivity index (χ1) is 13.3. The van der Waals surface area contributed by atoms with Crippen molar-refractivity contribution in [3.05, 3.63) is 68.7 Å². The van der Waals surface area contributed by atoms with Gasteiger partial charge in [0.1, 0.15) is 6.23 Å². The molecule has 9 heteroatoms. The Labute approximate surface area is 159 Å². The Morgan fingerprint density at radius 2 is 2.07 bits per heavy atom. The predicted octanol–water partition coefficient (Wildman–Crippen LogP) is 1.36. The number of carbonyl (C=O) groups is 1. The molecule has 3 rings (SSSR count). The molecule has 8 nitrogen and oxygen atoms in total. The van der Waals surface area contributed by atoms with Crippen molar-refractivity contribution in [3.8, 4) is 0 Å². The molecular weight excluding hydrogens is 371 g/mol. The van der Waals surface area contributed by atoms with Gasteiger partial charge >= 0.3 is 11.7 Å². The topological polar surface area (TPSA) is 99.6 Å². The Morgan fingerprint density at radius 1 is 1.36 bits per heavy atom. The first-order valence-electron chi connectivity index (χ1n) is 8.71. The molecule has 0 amide bonds. The van der Waals surface area contributed by atoms with Gasteiger partial charge in [-0.25, -0.2) is 4.79 Å². The lowest BCUT2D eigenvalue weighted by molar-refractivity contribution is -0.157. The molecule has 2 heterocycles. The van der Waals surface area contributed by atoms with E-state index in [0.29, 0.717) is 6.61 Å². The van der Waals surface area contributed by atoms with Crippen molar-refractivity contribution in [2.24, 2.45) is 5.41 Å². The molecule has 0 bridgehead atoms. The van der Waals surface area contributed by atoms with Crippen LogP contribution in [0.3, 0.4) is 0 Å². The molecule has 0 saturated carbocycles. The molecule has 150 valence electrons. The molecule has 1 aromatic carbocycles. The maximum absolute atomic E-state index is 13.6. The highest BCUT2D eigenvalue weighted by Crippen LogP contribution is 2.43. The number of carbonyl (C=O) groups excluding carboxylic acids is 1. The van der Waals surface area contributed by atoms with Gasteiger partial charge in [-0.15, -0.1) is 0 Å². The first kappa shape index (κ1) is 20.0. The van der Waals surface area contributed by atoms with Gasteiger partial charge in [0, 0.05) is 6.42 Å². The largest absolute Gasteiger partial charge is 0.469 e. The summed E-state index contributed by atoms with van der Waals surface area (Å²) in [6.07, 6.45) is -0.843. The van der Waals surface area contributed by atoms with Crippen molar-refractivity contribution in [1.29, 1.82) is 0 Å². The number of methoxy groups -OCH3 is 1. The van der Waals surface area contributed by atoms with Gasteiger partial charge in [0.2, 0.25) is 5.82 Å². The molecule has 28 heavy (non-hydrogen) atoms. The number of H-pyrrole nitrogens is 1. The smallest absolute Gasteiger partial charge is 0.330 e. The van der Waals surface area contributed by atoms with Crippen LogP contribution in [0.5, 0.6) is 0 Å². The number of esters is 1. The number of hydrogen-bond donors (Lipinski definition) is 1. The Kier molecular flexibility index (Phi) is 5.76. The van der Waals surface area contributed by atoms with Crippen LogP contribution in [0, 0.1) is 11.2 Å². The second-order valence-electron chi connectivity index (χ2n) is 6.84. The molecule has 1 fully saturated rings. The van der Waals surface area contributed by atoms with Crippen molar-refractivity contribution in [2.75, 3.05) is 13.7 Å². The van der Waals surface area contributed by atoms with E-state index < -0.39 is 40.8 Å². The van der Waals surface area contributed by atoms with Gasteiger partial charge in [0.05, 0.1) is 38.0 Å². The zero-order valence-corrected chi connectivity index (χ0v) is 15.5. The fraction of sp³-hybridized carbons (Fsp3) is 0.421. The average molecular weight is 392 g/mol. The zero-order chi connectivity index (χ0) is 20.3. The summed E-state index contributed by atoms with van der Waals surface area (Å²) < 4.78 is 31.0. The molecule has 0 radical (unpaired) electrons. The quantitative estimate of drug-likeness (QED) is 0.746. The van der Waals surface area contributed by atoms with Crippen LogP contribution in [0.1, 0.15) is 25.1 Å². The number of benzene rings is 1. The van der Waals surface area contributed by atoms with E-state index in [0.717, 1.165) is 16.3 Å². The van der Waals surface area contributed by atoms with Gasteiger partial charge in [-0.05, 0) is 12.5 Å². The third kappa shape index (κ3) is 3.90. The summed E-state index contributed by atoms with van der Waals surface area (Å²) in [6, 6.07) is 9.47. The summed E-state index contributed by atoms with van der Waals surface area (Å²) in [4.78, 5) is 37.6. The number of rotatable bonds is 6. The van der Waals surface area contributed by atoms with E-state index in [1.807, 2.05) is 35.3 Å². The summed E-state index contributed by atoms with van der Waals surface area (Å²) in [5.74, 6) is -1.65. The second-order valence-corrected chi connectivity index (χ2v) is 6.84. The Balaban J connectivity index is 1.80. The maximum Gasteiger partial charge on any atom is 0.330 e. The summed E-state index contributed by atoms with van der Waals surface area (Å²) in [5.41, 5.74) is -2.09. The molecule has 1 N–H and O–H groups in total. The number of hydrogen-bond acceptors (Lipinski definition) is 6. The number of nitrogens with one attached hydrogen (secondary N) is 1. The zero-order valence-electron chi connectivity index (χ0n) is 15.5. The number of nitrogens with zero attached hydrogens (tertiary/aromatic N) is 1. The van der Waals surface area contributed by atoms with Gasteiger partial charge in [-0.1, -0.05) is 30.3 Å². The fourth-order valence-corrected chi connectivity index (χ4v) is 3.25. The van der Waals surface area contributed by atoms with E-state index >= 15 is 0 Å². The highest BCUT2D eigenvalue weighted by atomic mass is 19.1. The van der Waals surface area contributed by atoms with Gasteiger partial charge in [0.25, 0.3) is 5.56 Å². The van der Waals surface area contributed by atoms with Gasteiger partial charge in [0.15, 0.2) is 0 Å². The molecule has 0 aliphatic carbocycles. The highest BCUT2D eigenvalue weighted by molar-refractivity contribution is 5.77. The molecule has 1 aliphatic heterocycles. The molecule has 0 spiro atoms. The lowest BCUT2D eigenvalue weighted by atomic mass is 9.83. The fourth-order valence-electron chi connectivity index (χ4n) is 3.25. The lowest BCUT2D eigenvalue weighted by Crippen LogP contribution is -2.39. The van der Waals surface area contributed by atoms with Crippen molar-refractivity contribution in [3.63, 3.8) is 0 Å². The van der Waals surface area contributed by atoms with Crippen LogP contribution in [0.15, 0.2) is 46.1 Å². The van der Waals surface area contributed by atoms with E-state index in [1.54, 1.807) is 6.92 Å². The van der Waals surface area contributed by atoms with E-state index in [4.69, 9.17) is 14.2 Å². The highest BCUT2D eigenvalue weighted by Gasteiger charge is 2.52. The second kappa shape index (κ2) is 8.07. The summed E-state index contributed by atoms with van der Waals surface area (Å²) in [6.45, 7) is 2.02. The van der Waals surface area contributed by atoms with Crippen LogP contribution in [0.2, 0.25) is 0 Å². The maximum atomic E-state index is 13.6. The third-order valence-electron chi connectivity index (χ3n) is 4.90. The van der Waals surface area contributed by atoms with E-state index in [9.17, 15) is 18.8 Å². The van der Waals surface area contributed by atoms with Crippen LogP contribution in [-0.4, -0.2) is 35.3 Å². The van der Waals surface area contributed by atoms with Crippen molar-refractivity contribution in [2.45, 2.75) is 32.3 Å². The molecule has 3 unspecified atom stereocenters. The minimum Gasteiger partial charge on any atom is -0.469 e. The van der Waals surface area contributed by atoms with Crippen LogP contribution < -0.4 is 11.2 Å². The van der Waals surface area contributed by atoms with E-state index in [1.165, 1.54) is 7.11 Å². The van der Waals surface area contributed by atoms with Crippen LogP contribution >= 0.6 is 0 Å². The predicted molar refractivity (Wildman–Crippen MR) is 96.0 cm³/mol. The monoisotopic (exact) mass is 392 g/mol. The number of halogens is 1. The summed E-state index contributed by atoms with van der Waals surface area (Å²) in [7, 11) is 1.26. The van der Waals surface area contributed by atoms with E-state index in [-0.39, 0.29) is 13.0 Å². The number of ether oxygens (including phenoxy) is 3. The lowest BCUT2D eigenvalue weighted by Gasteiger charge is -2.26.